The minimum atomic E-state index is 0. The third-order valence-electron chi connectivity index (χ3n) is 0. The van der Waals surface area contributed by atoms with Gasteiger partial charge in [0.25, 0.3) is 0 Å². The van der Waals surface area contributed by atoms with E-state index in [4.69, 9.17) is 0 Å². The van der Waals surface area contributed by atoms with Crippen LogP contribution in [0.5, 0.6) is 0 Å². The van der Waals surface area contributed by atoms with E-state index < -0.39 is 0 Å². The zero-order valence-electron chi connectivity index (χ0n) is 2.66. The van der Waals surface area contributed by atoms with Crippen LogP contribution in [-0.2, 0) is 0 Å². The summed E-state index contributed by atoms with van der Waals surface area (Å²) in [5, 5.41) is 0. The Bertz CT molecular complexity index is 8.00. The van der Waals surface area contributed by atoms with Gasteiger partial charge >= 0.3 is 131 Å². The van der Waals surface area contributed by atoms with Gasteiger partial charge in [0.1, 0.15) is 0 Å². The predicted octanol–water partition coefficient (Wildman–Crippen LogP) is -3.76. The van der Waals surface area contributed by atoms with Gasteiger partial charge in [-0.25, -0.2) is 0 Å². The SMILES string of the molecule is [Al+3].[Eu+2].[Li+].[Sr+2]. The monoisotopic (exact) mass is 275 g/mol. The Morgan fingerprint density at radius 3 is 1.00 bits per heavy atom. The molecule has 0 saturated heterocycles. The number of rotatable bonds is 0. The van der Waals surface area contributed by atoms with E-state index in [1.54, 1.807) is 0 Å². The predicted molar refractivity (Wildman–Crippen MR) is 11.5 cm³/mol. The smallest absolute Gasteiger partial charge is 1.00 e. The first-order chi connectivity index (χ1) is 0. The minimum absolute atomic E-state index is 0. The Balaban J connectivity index is 0. The maximum atomic E-state index is 0. The van der Waals surface area contributed by atoms with Crippen molar-refractivity contribution in [1.82, 2.24) is 0 Å². The Kier molecular flexibility index (Phi) is 94.6. The second-order valence-corrected chi connectivity index (χ2v) is 0. The van der Waals surface area contributed by atoms with E-state index in [0.29, 0.717) is 0 Å². The molecule has 0 aromatic heterocycles. The molecular weight excluding hydrogens is 274 g/mol. The molecule has 0 aliphatic heterocycles. The van der Waals surface area contributed by atoms with Crippen LogP contribution in [0, 0.1) is 49.4 Å². The fourth-order valence-electron chi connectivity index (χ4n) is 0. The topological polar surface area (TPSA) is 0 Å². The molecule has 0 N–H and O–H groups in total. The van der Waals surface area contributed by atoms with E-state index in [1.165, 1.54) is 0 Å². The van der Waals surface area contributed by atoms with Gasteiger partial charge in [-0.1, -0.05) is 0 Å². The second kappa shape index (κ2) is 15.7. The molecule has 1 radical (unpaired) electrons. The molecule has 0 aliphatic rings. The molecular formula is AlEuLiSr+8. The molecule has 0 heterocycles. The quantitative estimate of drug-likeness (QED) is 0.398. The van der Waals surface area contributed by atoms with Crippen molar-refractivity contribution < 1.29 is 68.2 Å². The third kappa shape index (κ3) is 9.50. The van der Waals surface area contributed by atoms with Gasteiger partial charge in [-0.3, -0.25) is 0 Å². The first-order valence-electron chi connectivity index (χ1n) is 0. The van der Waals surface area contributed by atoms with E-state index in [0.717, 1.165) is 0 Å². The van der Waals surface area contributed by atoms with E-state index in [1.807, 2.05) is 0 Å². The van der Waals surface area contributed by atoms with Crippen molar-refractivity contribution in [3.05, 3.63) is 0 Å². The van der Waals surface area contributed by atoms with Gasteiger partial charge in [-0.05, 0) is 0 Å². The first kappa shape index (κ1) is 24.1. The zero-order valence-corrected chi connectivity index (χ0v) is 9.72. The van der Waals surface area contributed by atoms with E-state index >= 15 is 0 Å². The Morgan fingerprint density at radius 2 is 1.00 bits per heavy atom. The van der Waals surface area contributed by atoms with Crippen molar-refractivity contribution in [2.45, 2.75) is 0 Å². The van der Waals surface area contributed by atoms with Crippen LogP contribution in [0.1, 0.15) is 0 Å². The second-order valence-electron chi connectivity index (χ2n) is 0. The maximum Gasteiger partial charge on any atom is 3.00 e. The molecule has 0 spiro atoms. The molecule has 0 nitrogen and oxygen atoms in total. The average molecular weight is 274 g/mol. The van der Waals surface area contributed by atoms with Gasteiger partial charge in [0.15, 0.2) is 0 Å². The summed E-state index contributed by atoms with van der Waals surface area (Å²) in [7, 11) is 0. The number of hydrogen-bond donors (Lipinski definition) is 0. The summed E-state index contributed by atoms with van der Waals surface area (Å²) >= 11 is 0. The maximum absolute atomic E-state index is 0. The van der Waals surface area contributed by atoms with E-state index in [9.17, 15) is 0 Å². The van der Waals surface area contributed by atoms with E-state index in [2.05, 4.69) is 0 Å². The van der Waals surface area contributed by atoms with Crippen molar-refractivity contribution in [2.24, 2.45) is 0 Å². The van der Waals surface area contributed by atoms with Crippen molar-refractivity contribution in [3.63, 3.8) is 0 Å². The van der Waals surface area contributed by atoms with Gasteiger partial charge in [-0.15, -0.1) is 0 Å². The van der Waals surface area contributed by atoms with Crippen molar-refractivity contribution in [3.8, 4) is 0 Å². The van der Waals surface area contributed by atoms with Crippen molar-refractivity contribution in [2.75, 3.05) is 0 Å². The number of hydrogen-bond acceptors (Lipinski definition) is 0. The molecule has 0 bridgehead atoms. The Morgan fingerprint density at radius 1 is 1.00 bits per heavy atom. The largest absolute Gasteiger partial charge is 3.00 e. The van der Waals surface area contributed by atoms with Crippen LogP contribution in [0.4, 0.5) is 0 Å². The molecule has 4 heteroatoms. The molecule has 0 aromatic carbocycles. The summed E-state index contributed by atoms with van der Waals surface area (Å²) in [6.07, 6.45) is 0. The summed E-state index contributed by atoms with van der Waals surface area (Å²) in [5.41, 5.74) is 0. The fraction of sp³-hybridized carbons (Fsp3) is 0. The molecule has 0 unspecified atom stereocenters. The van der Waals surface area contributed by atoms with Gasteiger partial charge in [0.05, 0.1) is 0 Å². The Labute approximate surface area is 127 Å². The minimum Gasteiger partial charge on any atom is 1.00 e. The summed E-state index contributed by atoms with van der Waals surface area (Å²) in [6, 6.07) is 0. The molecule has 0 amide bonds. The summed E-state index contributed by atoms with van der Waals surface area (Å²) in [6.45, 7) is 0. The van der Waals surface area contributed by atoms with Crippen LogP contribution in [0.25, 0.3) is 0 Å². The van der Waals surface area contributed by atoms with Crippen LogP contribution < -0.4 is 18.9 Å². The van der Waals surface area contributed by atoms with Crippen LogP contribution in [0.2, 0.25) is 0 Å². The molecule has 5 valence electrons. The first-order valence-corrected chi connectivity index (χ1v) is 0. The van der Waals surface area contributed by atoms with Gasteiger partial charge in [0.2, 0.25) is 0 Å². The standard InChI is InChI=1S/Al.Eu.Li.Sr/q+3;+2;+1;+2. The van der Waals surface area contributed by atoms with Gasteiger partial charge in [-0.2, -0.15) is 0 Å². The van der Waals surface area contributed by atoms with Crippen LogP contribution in [0.15, 0.2) is 0 Å². The summed E-state index contributed by atoms with van der Waals surface area (Å²) in [4.78, 5) is 0. The molecule has 0 fully saturated rings. The zero-order chi connectivity index (χ0) is 0. The third-order valence-corrected chi connectivity index (χ3v) is 0. The molecule has 0 saturated carbocycles. The fourth-order valence-corrected chi connectivity index (χ4v) is 0. The average Bonchev–Trinajstić information content (AvgIpc) is 0. The van der Waals surface area contributed by atoms with Crippen molar-refractivity contribution in [1.29, 1.82) is 0 Å². The molecule has 0 aromatic rings. The molecule has 0 atom stereocenters. The Hall–Kier alpha value is 4.19. The summed E-state index contributed by atoms with van der Waals surface area (Å²) < 4.78 is 0. The molecule has 4 heavy (non-hydrogen) atoms. The summed E-state index contributed by atoms with van der Waals surface area (Å²) in [5.74, 6) is 0. The van der Waals surface area contributed by atoms with Crippen LogP contribution in [0.3, 0.4) is 0 Å². The molecule has 0 aliphatic carbocycles. The van der Waals surface area contributed by atoms with E-state index in [-0.39, 0.29) is 131 Å². The van der Waals surface area contributed by atoms with Gasteiger partial charge < -0.3 is 0 Å². The normalized spacial score (nSPS) is 0. The van der Waals surface area contributed by atoms with Crippen LogP contribution in [-0.4, -0.2) is 62.8 Å². The van der Waals surface area contributed by atoms with Crippen LogP contribution >= 0.6 is 0 Å². The van der Waals surface area contributed by atoms with Gasteiger partial charge in [0, 0.05) is 0 Å². The molecule has 0 rings (SSSR count). The van der Waals surface area contributed by atoms with Crippen molar-refractivity contribution >= 4 is 62.8 Å².